The zero-order valence-corrected chi connectivity index (χ0v) is 13.8. The highest BCUT2D eigenvalue weighted by molar-refractivity contribution is 7.89. The number of halogens is 1. The van der Waals surface area contributed by atoms with Gasteiger partial charge in [-0.3, -0.25) is 0 Å². The van der Waals surface area contributed by atoms with E-state index in [9.17, 15) is 18.3 Å². The van der Waals surface area contributed by atoms with Gasteiger partial charge in [-0.2, -0.15) is 0 Å². The number of aromatic carboxylic acids is 1. The van der Waals surface area contributed by atoms with Crippen LogP contribution in [0.1, 0.15) is 10.4 Å². The zero-order chi connectivity index (χ0) is 16.5. The van der Waals surface area contributed by atoms with E-state index in [0.717, 1.165) is 10.4 Å². The summed E-state index contributed by atoms with van der Waals surface area (Å²) < 4.78 is 30.7. The van der Waals surface area contributed by atoms with Crippen molar-refractivity contribution in [3.8, 4) is 0 Å². The molecule has 1 N–H and O–H groups in total. The van der Waals surface area contributed by atoms with Gasteiger partial charge in [-0.15, -0.1) is 0 Å². The van der Waals surface area contributed by atoms with Crippen LogP contribution in [0.25, 0.3) is 0 Å². The van der Waals surface area contributed by atoms with Gasteiger partial charge < -0.3 is 14.7 Å². The van der Waals surface area contributed by atoms with Gasteiger partial charge in [-0.25, -0.2) is 17.5 Å². The molecule has 0 saturated carbocycles. The first-order valence-corrected chi connectivity index (χ1v) is 8.39. The summed E-state index contributed by atoms with van der Waals surface area (Å²) in [6.45, 7) is 2.01. The third-order valence-electron chi connectivity index (χ3n) is 3.39. The highest BCUT2D eigenvalue weighted by Gasteiger charge is 2.27. The number of morpholine rings is 1. The van der Waals surface area contributed by atoms with E-state index in [1.807, 2.05) is 4.90 Å². The third kappa shape index (κ3) is 3.19. The molecule has 0 atom stereocenters. The van der Waals surface area contributed by atoms with Crippen LogP contribution in [0.15, 0.2) is 17.0 Å². The predicted octanol–water partition coefficient (Wildman–Crippen LogP) is 1.13. The maximum absolute atomic E-state index is 12.2. The number of carboxylic acids is 1. The van der Waals surface area contributed by atoms with E-state index in [0.29, 0.717) is 32.0 Å². The van der Waals surface area contributed by atoms with E-state index in [-0.39, 0.29) is 15.5 Å². The Morgan fingerprint density at radius 2 is 1.91 bits per heavy atom. The number of benzene rings is 1. The summed E-state index contributed by atoms with van der Waals surface area (Å²) in [4.78, 5) is 13.1. The molecule has 1 aromatic rings. The molecule has 0 aliphatic carbocycles. The van der Waals surface area contributed by atoms with Gasteiger partial charge in [0, 0.05) is 27.2 Å². The Labute approximate surface area is 134 Å². The molecule has 0 radical (unpaired) electrons. The van der Waals surface area contributed by atoms with Crippen LogP contribution < -0.4 is 4.90 Å². The highest BCUT2D eigenvalue weighted by atomic mass is 35.5. The minimum Gasteiger partial charge on any atom is -0.478 e. The van der Waals surface area contributed by atoms with Crippen molar-refractivity contribution in [2.45, 2.75) is 4.90 Å². The van der Waals surface area contributed by atoms with Crippen molar-refractivity contribution in [3.63, 3.8) is 0 Å². The summed E-state index contributed by atoms with van der Waals surface area (Å²) in [7, 11) is -1.09. The van der Waals surface area contributed by atoms with Crippen molar-refractivity contribution >= 4 is 33.3 Å². The van der Waals surface area contributed by atoms with Crippen molar-refractivity contribution in [1.29, 1.82) is 0 Å². The maximum atomic E-state index is 12.2. The Balaban J connectivity index is 2.58. The number of nitrogens with zero attached hydrogens (tertiary/aromatic N) is 2. The Kier molecular flexibility index (Phi) is 4.96. The fourth-order valence-corrected chi connectivity index (χ4v) is 3.59. The topological polar surface area (TPSA) is 87.2 Å². The number of carboxylic acid groups (broad SMARTS) is 1. The summed E-state index contributed by atoms with van der Waals surface area (Å²) in [5, 5.41) is 9.41. The van der Waals surface area contributed by atoms with Crippen LogP contribution in [0.2, 0.25) is 5.02 Å². The van der Waals surface area contributed by atoms with Crippen molar-refractivity contribution in [3.05, 3.63) is 22.7 Å². The number of rotatable bonds is 4. The molecule has 1 saturated heterocycles. The molecule has 1 fully saturated rings. The van der Waals surface area contributed by atoms with Crippen LogP contribution in [-0.2, 0) is 14.8 Å². The second-order valence-corrected chi connectivity index (χ2v) is 7.52. The van der Waals surface area contributed by atoms with Crippen LogP contribution in [0.3, 0.4) is 0 Å². The first-order valence-electron chi connectivity index (χ1n) is 6.57. The molecule has 7 nitrogen and oxygen atoms in total. The average molecular weight is 349 g/mol. The van der Waals surface area contributed by atoms with Gasteiger partial charge in [0.15, 0.2) is 0 Å². The lowest BCUT2D eigenvalue weighted by molar-refractivity contribution is 0.0696. The summed E-state index contributed by atoms with van der Waals surface area (Å²) in [5.74, 6) is -1.20. The second kappa shape index (κ2) is 6.41. The number of carbonyl (C=O) groups is 1. The molecule has 0 spiro atoms. The van der Waals surface area contributed by atoms with Gasteiger partial charge >= 0.3 is 5.97 Å². The smallest absolute Gasteiger partial charge is 0.337 e. The van der Waals surface area contributed by atoms with Gasteiger partial charge in [0.1, 0.15) is 4.90 Å². The first kappa shape index (κ1) is 17.0. The monoisotopic (exact) mass is 348 g/mol. The van der Waals surface area contributed by atoms with Gasteiger partial charge in [0.2, 0.25) is 10.0 Å². The normalized spacial score (nSPS) is 16.1. The summed E-state index contributed by atoms with van der Waals surface area (Å²) >= 11 is 6.10. The second-order valence-electron chi connectivity index (χ2n) is 4.99. The van der Waals surface area contributed by atoms with Gasteiger partial charge in [0.05, 0.1) is 29.5 Å². The lowest BCUT2D eigenvalue weighted by Crippen LogP contribution is -2.37. The SMILES string of the molecule is CN(C)S(=O)(=O)c1cc(C(=O)O)c(N2CCOCC2)cc1Cl. The van der Waals surface area contributed by atoms with E-state index in [1.165, 1.54) is 20.2 Å². The molecule has 1 aliphatic heterocycles. The molecule has 2 rings (SSSR count). The van der Waals surface area contributed by atoms with E-state index in [2.05, 4.69) is 0 Å². The van der Waals surface area contributed by atoms with E-state index < -0.39 is 16.0 Å². The molecular formula is C13H17ClN2O5S. The minimum absolute atomic E-state index is 0.000178. The Hall–Kier alpha value is -1.35. The molecule has 0 aromatic heterocycles. The van der Waals surface area contributed by atoms with E-state index in [1.54, 1.807) is 0 Å². The number of hydrogen-bond acceptors (Lipinski definition) is 5. The number of anilines is 1. The van der Waals surface area contributed by atoms with Crippen molar-refractivity contribution in [2.75, 3.05) is 45.3 Å². The molecule has 9 heteroatoms. The molecule has 1 heterocycles. The lowest BCUT2D eigenvalue weighted by atomic mass is 10.1. The summed E-state index contributed by atoms with van der Waals surface area (Å²) in [6.07, 6.45) is 0. The molecule has 1 aliphatic rings. The number of sulfonamides is 1. The molecule has 22 heavy (non-hydrogen) atoms. The first-order chi connectivity index (χ1) is 10.2. The number of hydrogen-bond donors (Lipinski definition) is 1. The maximum Gasteiger partial charge on any atom is 0.337 e. The molecule has 0 unspecified atom stereocenters. The van der Waals surface area contributed by atoms with E-state index >= 15 is 0 Å². The zero-order valence-electron chi connectivity index (χ0n) is 12.2. The van der Waals surface area contributed by atoms with Crippen molar-refractivity contribution in [1.82, 2.24) is 4.31 Å². The standard InChI is InChI=1S/C13H17ClN2O5S/c1-15(2)22(19,20)12-7-9(13(17)18)11(8-10(12)14)16-3-5-21-6-4-16/h7-8H,3-6H2,1-2H3,(H,17,18). The van der Waals surface area contributed by atoms with Crippen molar-refractivity contribution < 1.29 is 23.1 Å². The van der Waals surface area contributed by atoms with Gasteiger partial charge in [-0.1, -0.05) is 11.6 Å². The molecule has 0 amide bonds. The van der Waals surface area contributed by atoms with E-state index in [4.69, 9.17) is 16.3 Å². The fourth-order valence-electron chi connectivity index (χ4n) is 2.17. The van der Waals surface area contributed by atoms with Crippen LogP contribution in [0.5, 0.6) is 0 Å². The molecule has 122 valence electrons. The van der Waals surface area contributed by atoms with Crippen LogP contribution in [0.4, 0.5) is 5.69 Å². The fraction of sp³-hybridized carbons (Fsp3) is 0.462. The quantitative estimate of drug-likeness (QED) is 0.877. The molecule has 0 bridgehead atoms. The highest BCUT2D eigenvalue weighted by Crippen LogP contribution is 2.32. The predicted molar refractivity (Wildman–Crippen MR) is 82.3 cm³/mol. The molecular weight excluding hydrogens is 332 g/mol. The van der Waals surface area contributed by atoms with Crippen LogP contribution in [-0.4, -0.2) is 64.2 Å². The summed E-state index contributed by atoms with van der Waals surface area (Å²) in [6, 6.07) is 2.51. The Morgan fingerprint density at radius 3 is 2.41 bits per heavy atom. The largest absolute Gasteiger partial charge is 0.478 e. The lowest BCUT2D eigenvalue weighted by Gasteiger charge is -2.30. The molecule has 1 aromatic carbocycles. The Morgan fingerprint density at radius 1 is 1.32 bits per heavy atom. The third-order valence-corrected chi connectivity index (χ3v) is 5.67. The van der Waals surface area contributed by atoms with Gasteiger partial charge in [-0.05, 0) is 12.1 Å². The average Bonchev–Trinajstić information content (AvgIpc) is 2.47. The number of ether oxygens (including phenoxy) is 1. The van der Waals surface area contributed by atoms with Crippen LogP contribution in [0, 0.1) is 0 Å². The van der Waals surface area contributed by atoms with Crippen LogP contribution >= 0.6 is 11.6 Å². The van der Waals surface area contributed by atoms with Gasteiger partial charge in [0.25, 0.3) is 0 Å². The Bertz CT molecular complexity index is 684. The minimum atomic E-state index is -3.82. The summed E-state index contributed by atoms with van der Waals surface area (Å²) in [5.41, 5.74) is 0.310. The van der Waals surface area contributed by atoms with Crippen molar-refractivity contribution in [2.24, 2.45) is 0 Å².